The molecule has 1 N–H and O–H groups in total. The van der Waals surface area contributed by atoms with Crippen molar-refractivity contribution in [1.29, 1.82) is 0 Å². The van der Waals surface area contributed by atoms with Crippen LogP contribution in [0.2, 0.25) is 5.02 Å². The standard InChI is InChI=1S/C27H27ClN4O3S/c1-18-9-14-23(35-3)22(17-18)29-26(33)24(19-7-5-4-6-8-19)36-27-31-30-25(32(27)15-16-34-2)20-10-12-21(28)13-11-20/h4-14,17,24H,15-16H2,1-3H3,(H,29,33)/t24-/m0/s1. The van der Waals surface area contributed by atoms with Crippen LogP contribution in [0.1, 0.15) is 16.4 Å². The summed E-state index contributed by atoms with van der Waals surface area (Å²) in [5, 5.41) is 12.6. The smallest absolute Gasteiger partial charge is 0.242 e. The molecule has 36 heavy (non-hydrogen) atoms. The molecule has 0 aliphatic heterocycles. The average molecular weight is 523 g/mol. The number of hydrogen-bond acceptors (Lipinski definition) is 6. The molecule has 0 bridgehead atoms. The van der Waals surface area contributed by atoms with Crippen molar-refractivity contribution >= 4 is 35.0 Å². The average Bonchev–Trinajstić information content (AvgIpc) is 3.29. The second-order valence-electron chi connectivity index (χ2n) is 8.06. The Morgan fingerprint density at radius 2 is 1.81 bits per heavy atom. The molecule has 3 aromatic carbocycles. The van der Waals surface area contributed by atoms with Crippen LogP contribution >= 0.6 is 23.4 Å². The summed E-state index contributed by atoms with van der Waals surface area (Å²) in [5.74, 6) is 1.09. The van der Waals surface area contributed by atoms with Gasteiger partial charge in [0.25, 0.3) is 0 Å². The number of anilines is 1. The Morgan fingerprint density at radius 3 is 2.50 bits per heavy atom. The number of carbonyl (C=O) groups is 1. The zero-order chi connectivity index (χ0) is 25.5. The van der Waals surface area contributed by atoms with Crippen molar-refractivity contribution in [3.63, 3.8) is 0 Å². The number of nitrogens with one attached hydrogen (secondary N) is 1. The first-order valence-corrected chi connectivity index (χ1v) is 12.6. The number of aryl methyl sites for hydroxylation is 1. The first kappa shape index (κ1) is 25.8. The lowest BCUT2D eigenvalue weighted by Crippen LogP contribution is -2.20. The van der Waals surface area contributed by atoms with Gasteiger partial charge in [0.05, 0.1) is 25.9 Å². The minimum atomic E-state index is -0.583. The van der Waals surface area contributed by atoms with Gasteiger partial charge in [-0.3, -0.25) is 9.36 Å². The summed E-state index contributed by atoms with van der Waals surface area (Å²) in [7, 11) is 3.23. The molecule has 0 unspecified atom stereocenters. The molecule has 0 aliphatic rings. The van der Waals surface area contributed by atoms with Crippen molar-refractivity contribution in [1.82, 2.24) is 14.8 Å². The van der Waals surface area contributed by atoms with Crippen LogP contribution in [-0.2, 0) is 16.1 Å². The van der Waals surface area contributed by atoms with E-state index in [-0.39, 0.29) is 5.91 Å². The fourth-order valence-electron chi connectivity index (χ4n) is 3.70. The minimum absolute atomic E-state index is 0.190. The van der Waals surface area contributed by atoms with Crippen molar-refractivity contribution in [3.8, 4) is 17.1 Å². The number of benzene rings is 3. The topological polar surface area (TPSA) is 78.3 Å². The van der Waals surface area contributed by atoms with E-state index in [4.69, 9.17) is 21.1 Å². The van der Waals surface area contributed by atoms with Gasteiger partial charge in [0.15, 0.2) is 11.0 Å². The Kier molecular flexibility index (Phi) is 8.64. The number of halogens is 1. The molecule has 0 saturated heterocycles. The molecule has 4 rings (SSSR count). The summed E-state index contributed by atoms with van der Waals surface area (Å²) in [5.41, 5.74) is 3.36. The lowest BCUT2D eigenvalue weighted by atomic mass is 10.1. The SMILES string of the molecule is COCCn1c(S[C@H](C(=O)Nc2cc(C)ccc2OC)c2ccccc2)nnc1-c1ccc(Cl)cc1. The number of amides is 1. The van der Waals surface area contributed by atoms with E-state index in [1.54, 1.807) is 14.2 Å². The zero-order valence-electron chi connectivity index (χ0n) is 20.3. The summed E-state index contributed by atoms with van der Waals surface area (Å²) >= 11 is 7.41. The predicted molar refractivity (Wildman–Crippen MR) is 144 cm³/mol. The predicted octanol–water partition coefficient (Wildman–Crippen LogP) is 6.03. The molecule has 0 spiro atoms. The van der Waals surface area contributed by atoms with Crippen molar-refractivity contribution in [2.24, 2.45) is 0 Å². The maximum absolute atomic E-state index is 13.7. The van der Waals surface area contributed by atoms with Crippen LogP contribution in [0, 0.1) is 6.92 Å². The van der Waals surface area contributed by atoms with Gasteiger partial charge in [0.2, 0.25) is 5.91 Å². The second-order valence-corrected chi connectivity index (χ2v) is 9.57. The highest BCUT2D eigenvalue weighted by Gasteiger charge is 2.27. The van der Waals surface area contributed by atoms with E-state index < -0.39 is 5.25 Å². The zero-order valence-corrected chi connectivity index (χ0v) is 21.8. The Hall–Kier alpha value is -3.33. The molecule has 0 fully saturated rings. The Balaban J connectivity index is 1.70. The van der Waals surface area contributed by atoms with E-state index in [0.717, 1.165) is 16.7 Å². The van der Waals surface area contributed by atoms with Gasteiger partial charge in [-0.1, -0.05) is 59.8 Å². The number of thioether (sulfide) groups is 1. The third-order valence-corrected chi connectivity index (χ3v) is 7.00. The van der Waals surface area contributed by atoms with E-state index in [0.29, 0.717) is 40.6 Å². The number of nitrogens with zero attached hydrogens (tertiary/aromatic N) is 3. The molecule has 4 aromatic rings. The van der Waals surface area contributed by atoms with Crippen LogP contribution in [0.5, 0.6) is 5.75 Å². The summed E-state index contributed by atoms with van der Waals surface area (Å²) in [6, 6.07) is 22.7. The first-order chi connectivity index (χ1) is 17.5. The highest BCUT2D eigenvalue weighted by molar-refractivity contribution is 8.00. The van der Waals surface area contributed by atoms with Gasteiger partial charge >= 0.3 is 0 Å². The number of ether oxygens (including phenoxy) is 2. The molecule has 186 valence electrons. The lowest BCUT2D eigenvalue weighted by Gasteiger charge is -2.19. The molecule has 0 saturated carbocycles. The molecule has 1 aromatic heterocycles. The number of hydrogen-bond donors (Lipinski definition) is 1. The minimum Gasteiger partial charge on any atom is -0.495 e. The summed E-state index contributed by atoms with van der Waals surface area (Å²) in [6.45, 7) is 2.96. The van der Waals surface area contributed by atoms with Gasteiger partial charge in [0, 0.05) is 17.7 Å². The molecule has 1 amide bonds. The Morgan fingerprint density at radius 1 is 1.06 bits per heavy atom. The van der Waals surface area contributed by atoms with E-state index in [9.17, 15) is 4.79 Å². The number of rotatable bonds is 10. The van der Waals surface area contributed by atoms with Gasteiger partial charge in [-0.25, -0.2) is 0 Å². The van der Waals surface area contributed by atoms with Crippen LogP contribution in [0.4, 0.5) is 5.69 Å². The highest BCUT2D eigenvalue weighted by Crippen LogP contribution is 2.38. The third kappa shape index (κ3) is 6.07. The van der Waals surface area contributed by atoms with Gasteiger partial charge in [0.1, 0.15) is 11.0 Å². The van der Waals surface area contributed by atoms with E-state index >= 15 is 0 Å². The number of methoxy groups -OCH3 is 2. The molecule has 0 radical (unpaired) electrons. The largest absolute Gasteiger partial charge is 0.495 e. The van der Waals surface area contributed by atoms with Crippen LogP contribution in [-0.4, -0.2) is 41.5 Å². The van der Waals surface area contributed by atoms with Gasteiger partial charge in [-0.2, -0.15) is 0 Å². The molecule has 1 atom stereocenters. The van der Waals surface area contributed by atoms with Crippen molar-refractivity contribution in [3.05, 3.63) is 88.9 Å². The number of carbonyl (C=O) groups excluding carboxylic acids is 1. The fraction of sp³-hybridized carbons (Fsp3) is 0.222. The van der Waals surface area contributed by atoms with Crippen molar-refractivity contribution < 1.29 is 14.3 Å². The molecule has 9 heteroatoms. The van der Waals surface area contributed by atoms with Crippen LogP contribution < -0.4 is 10.1 Å². The highest BCUT2D eigenvalue weighted by atomic mass is 35.5. The monoisotopic (exact) mass is 522 g/mol. The molecular formula is C27H27ClN4O3S. The first-order valence-electron chi connectivity index (χ1n) is 11.4. The van der Waals surface area contributed by atoms with Gasteiger partial charge in [-0.15, -0.1) is 10.2 Å². The molecule has 1 heterocycles. The Bertz CT molecular complexity index is 1310. The van der Waals surface area contributed by atoms with Crippen LogP contribution in [0.15, 0.2) is 78.0 Å². The maximum Gasteiger partial charge on any atom is 0.242 e. The third-order valence-electron chi connectivity index (χ3n) is 5.51. The number of aromatic nitrogens is 3. The van der Waals surface area contributed by atoms with E-state index in [1.165, 1.54) is 11.8 Å². The summed E-state index contributed by atoms with van der Waals surface area (Å²) < 4.78 is 12.8. The molecule has 0 aliphatic carbocycles. The maximum atomic E-state index is 13.7. The molecule has 7 nitrogen and oxygen atoms in total. The van der Waals surface area contributed by atoms with Gasteiger partial charge < -0.3 is 14.8 Å². The molecular weight excluding hydrogens is 496 g/mol. The van der Waals surface area contributed by atoms with Gasteiger partial charge in [-0.05, 0) is 54.4 Å². The van der Waals surface area contributed by atoms with E-state index in [2.05, 4.69) is 15.5 Å². The normalized spacial score (nSPS) is 11.8. The summed E-state index contributed by atoms with van der Waals surface area (Å²) in [6.07, 6.45) is 0. The lowest BCUT2D eigenvalue weighted by molar-refractivity contribution is -0.115. The summed E-state index contributed by atoms with van der Waals surface area (Å²) in [4.78, 5) is 13.7. The van der Waals surface area contributed by atoms with Crippen LogP contribution in [0.3, 0.4) is 0 Å². The fourth-order valence-corrected chi connectivity index (χ4v) is 4.89. The van der Waals surface area contributed by atoms with Crippen molar-refractivity contribution in [2.45, 2.75) is 23.9 Å². The van der Waals surface area contributed by atoms with Crippen molar-refractivity contribution in [2.75, 3.05) is 26.1 Å². The Labute approximate surface area is 219 Å². The quantitative estimate of drug-likeness (QED) is 0.256. The van der Waals surface area contributed by atoms with Crippen LogP contribution in [0.25, 0.3) is 11.4 Å². The second kappa shape index (κ2) is 12.1. The van der Waals surface area contributed by atoms with E-state index in [1.807, 2.05) is 84.3 Å².